The van der Waals surface area contributed by atoms with Crippen LogP contribution in [0.3, 0.4) is 0 Å². The average Bonchev–Trinajstić information content (AvgIpc) is 2.37. The van der Waals surface area contributed by atoms with E-state index in [1.807, 2.05) is 18.2 Å². The second kappa shape index (κ2) is 6.36. The van der Waals surface area contributed by atoms with E-state index < -0.39 is 0 Å². The summed E-state index contributed by atoms with van der Waals surface area (Å²) < 4.78 is 0. The van der Waals surface area contributed by atoms with E-state index >= 15 is 0 Å². The van der Waals surface area contributed by atoms with Crippen LogP contribution >= 0.6 is 11.6 Å². The summed E-state index contributed by atoms with van der Waals surface area (Å²) in [7, 11) is 0. The van der Waals surface area contributed by atoms with Crippen LogP contribution in [-0.2, 0) is 0 Å². The largest absolute Gasteiger partial charge is 0.396 e. The maximum atomic E-state index is 9.22. The highest BCUT2D eigenvalue weighted by atomic mass is 35.5. The molecule has 0 spiro atoms. The molecule has 0 radical (unpaired) electrons. The molecule has 2 N–H and O–H groups in total. The zero-order valence-electron chi connectivity index (χ0n) is 9.90. The van der Waals surface area contributed by atoms with E-state index in [1.165, 1.54) is 5.56 Å². The quantitative estimate of drug-likeness (QED) is 0.858. The summed E-state index contributed by atoms with van der Waals surface area (Å²) in [6.07, 6.45) is 0.764. The Morgan fingerprint density at radius 3 is 2.76 bits per heavy atom. The fraction of sp³-hybridized carbons (Fsp3) is 0.538. The van der Waals surface area contributed by atoms with Gasteiger partial charge in [-0.1, -0.05) is 23.7 Å². The summed E-state index contributed by atoms with van der Waals surface area (Å²) in [6.45, 7) is 4.29. The number of halogens is 1. The first-order valence-electron chi connectivity index (χ1n) is 6.12. The third kappa shape index (κ3) is 3.42. The molecule has 1 aromatic rings. The number of hydrogen-bond acceptors (Lipinski definition) is 3. The molecular formula is C13H19ClN2O. The SMILES string of the molecule is OCC[C@@H](c1cccc(Cl)c1)N1CCNCC1. The zero-order valence-corrected chi connectivity index (χ0v) is 10.7. The molecule has 0 unspecified atom stereocenters. The minimum absolute atomic E-state index is 0.209. The maximum Gasteiger partial charge on any atom is 0.0449 e. The third-order valence-electron chi connectivity index (χ3n) is 3.23. The number of nitrogens with zero attached hydrogens (tertiary/aromatic N) is 1. The summed E-state index contributed by atoms with van der Waals surface area (Å²) >= 11 is 6.03. The van der Waals surface area contributed by atoms with Crippen molar-refractivity contribution < 1.29 is 5.11 Å². The first-order chi connectivity index (χ1) is 8.31. The molecule has 0 bridgehead atoms. The van der Waals surface area contributed by atoms with Crippen molar-refractivity contribution >= 4 is 11.6 Å². The molecule has 1 atom stereocenters. The Labute approximate surface area is 107 Å². The van der Waals surface area contributed by atoms with Crippen LogP contribution in [0.5, 0.6) is 0 Å². The summed E-state index contributed by atoms with van der Waals surface area (Å²) in [6, 6.07) is 8.24. The van der Waals surface area contributed by atoms with Crippen molar-refractivity contribution in [2.24, 2.45) is 0 Å². The highest BCUT2D eigenvalue weighted by molar-refractivity contribution is 6.30. The number of rotatable bonds is 4. The van der Waals surface area contributed by atoms with E-state index in [9.17, 15) is 5.11 Å². The third-order valence-corrected chi connectivity index (χ3v) is 3.46. The van der Waals surface area contributed by atoms with Crippen LogP contribution in [0.15, 0.2) is 24.3 Å². The fourth-order valence-electron chi connectivity index (χ4n) is 2.39. The lowest BCUT2D eigenvalue weighted by molar-refractivity contribution is 0.141. The van der Waals surface area contributed by atoms with Crippen LogP contribution in [-0.4, -0.2) is 42.8 Å². The Balaban J connectivity index is 2.15. The van der Waals surface area contributed by atoms with Gasteiger partial charge in [0, 0.05) is 43.9 Å². The molecule has 0 saturated carbocycles. The van der Waals surface area contributed by atoms with Crippen molar-refractivity contribution in [1.29, 1.82) is 0 Å². The first-order valence-corrected chi connectivity index (χ1v) is 6.50. The highest BCUT2D eigenvalue weighted by Crippen LogP contribution is 2.26. The minimum atomic E-state index is 0.209. The van der Waals surface area contributed by atoms with Gasteiger partial charge in [-0.2, -0.15) is 0 Å². The van der Waals surface area contributed by atoms with Gasteiger partial charge in [-0.05, 0) is 24.1 Å². The van der Waals surface area contributed by atoms with Gasteiger partial charge in [-0.3, -0.25) is 4.90 Å². The normalized spacial score (nSPS) is 19.2. The molecule has 1 aliphatic heterocycles. The lowest BCUT2D eigenvalue weighted by Crippen LogP contribution is -2.45. The van der Waals surface area contributed by atoms with Gasteiger partial charge < -0.3 is 10.4 Å². The van der Waals surface area contributed by atoms with Gasteiger partial charge >= 0.3 is 0 Å². The number of aliphatic hydroxyl groups excluding tert-OH is 1. The summed E-state index contributed by atoms with van der Waals surface area (Å²) in [5.74, 6) is 0. The maximum absolute atomic E-state index is 9.22. The van der Waals surface area contributed by atoms with E-state index in [2.05, 4.69) is 16.3 Å². The molecule has 1 saturated heterocycles. The molecule has 4 heteroatoms. The lowest BCUT2D eigenvalue weighted by Gasteiger charge is -2.35. The Hall–Kier alpha value is -0.610. The van der Waals surface area contributed by atoms with Crippen LogP contribution in [0, 0.1) is 0 Å². The van der Waals surface area contributed by atoms with E-state index in [1.54, 1.807) is 0 Å². The molecule has 0 amide bonds. The summed E-state index contributed by atoms with van der Waals surface area (Å²) in [5.41, 5.74) is 1.20. The minimum Gasteiger partial charge on any atom is -0.396 e. The standard InChI is InChI=1S/C13H19ClN2O/c14-12-3-1-2-11(10-12)13(4-9-17)16-7-5-15-6-8-16/h1-3,10,13,15,17H,4-9H2/t13-/m0/s1. The lowest BCUT2D eigenvalue weighted by atomic mass is 10.0. The number of nitrogens with one attached hydrogen (secondary N) is 1. The van der Waals surface area contributed by atoms with Gasteiger partial charge in [0.05, 0.1) is 0 Å². The monoisotopic (exact) mass is 254 g/mol. The zero-order chi connectivity index (χ0) is 12.1. The van der Waals surface area contributed by atoms with Gasteiger partial charge in [0.1, 0.15) is 0 Å². The van der Waals surface area contributed by atoms with Crippen LogP contribution in [0.25, 0.3) is 0 Å². The van der Waals surface area contributed by atoms with Crippen molar-refractivity contribution in [3.8, 4) is 0 Å². The Morgan fingerprint density at radius 1 is 1.35 bits per heavy atom. The Bertz CT molecular complexity index is 353. The van der Waals surface area contributed by atoms with E-state index in [4.69, 9.17) is 11.6 Å². The van der Waals surface area contributed by atoms with Crippen LogP contribution in [0.1, 0.15) is 18.0 Å². The molecule has 0 aliphatic carbocycles. The second-order valence-electron chi connectivity index (χ2n) is 4.37. The second-order valence-corrected chi connectivity index (χ2v) is 4.81. The first kappa shape index (κ1) is 12.8. The van der Waals surface area contributed by atoms with E-state index in [-0.39, 0.29) is 12.6 Å². The molecular weight excluding hydrogens is 236 g/mol. The molecule has 3 nitrogen and oxygen atoms in total. The Morgan fingerprint density at radius 2 is 2.12 bits per heavy atom. The molecule has 0 aromatic heterocycles. The smallest absolute Gasteiger partial charge is 0.0449 e. The molecule has 1 fully saturated rings. The number of hydrogen-bond donors (Lipinski definition) is 2. The van der Waals surface area contributed by atoms with Crippen LogP contribution in [0.2, 0.25) is 5.02 Å². The molecule has 94 valence electrons. The van der Waals surface area contributed by atoms with Crippen molar-refractivity contribution in [3.05, 3.63) is 34.9 Å². The molecule has 17 heavy (non-hydrogen) atoms. The molecule has 1 aromatic carbocycles. The molecule has 1 aliphatic rings. The van der Waals surface area contributed by atoms with Gasteiger partial charge in [0.25, 0.3) is 0 Å². The van der Waals surface area contributed by atoms with Crippen molar-refractivity contribution in [2.75, 3.05) is 32.8 Å². The summed E-state index contributed by atoms with van der Waals surface area (Å²) in [5, 5.41) is 13.3. The van der Waals surface area contributed by atoms with Crippen LogP contribution < -0.4 is 5.32 Å². The number of piperazine rings is 1. The van der Waals surface area contributed by atoms with Crippen molar-refractivity contribution in [3.63, 3.8) is 0 Å². The van der Waals surface area contributed by atoms with E-state index in [0.29, 0.717) is 0 Å². The van der Waals surface area contributed by atoms with Gasteiger partial charge in [0.2, 0.25) is 0 Å². The summed E-state index contributed by atoms with van der Waals surface area (Å²) in [4.78, 5) is 2.42. The predicted molar refractivity (Wildman–Crippen MR) is 70.3 cm³/mol. The van der Waals surface area contributed by atoms with Crippen molar-refractivity contribution in [1.82, 2.24) is 10.2 Å². The Kier molecular flexibility index (Phi) is 4.80. The predicted octanol–water partition coefficient (Wildman–Crippen LogP) is 1.67. The van der Waals surface area contributed by atoms with Crippen molar-refractivity contribution in [2.45, 2.75) is 12.5 Å². The van der Waals surface area contributed by atoms with E-state index in [0.717, 1.165) is 37.6 Å². The highest BCUT2D eigenvalue weighted by Gasteiger charge is 2.21. The van der Waals surface area contributed by atoms with Gasteiger partial charge in [-0.25, -0.2) is 0 Å². The van der Waals surface area contributed by atoms with Crippen LogP contribution in [0.4, 0.5) is 0 Å². The number of aliphatic hydroxyl groups is 1. The average molecular weight is 255 g/mol. The van der Waals surface area contributed by atoms with Gasteiger partial charge in [0.15, 0.2) is 0 Å². The topological polar surface area (TPSA) is 35.5 Å². The number of benzene rings is 1. The fourth-order valence-corrected chi connectivity index (χ4v) is 2.59. The molecule has 1 heterocycles. The molecule has 2 rings (SSSR count). The van der Waals surface area contributed by atoms with Gasteiger partial charge in [-0.15, -0.1) is 0 Å².